The van der Waals surface area contributed by atoms with Crippen LogP contribution in [0.25, 0.3) is 0 Å². The van der Waals surface area contributed by atoms with Crippen molar-refractivity contribution in [3.05, 3.63) is 65.5 Å². The molecule has 0 unspecified atom stereocenters. The van der Waals surface area contributed by atoms with Crippen molar-refractivity contribution >= 4 is 23.5 Å². The Morgan fingerprint density at radius 2 is 1.81 bits per heavy atom. The fraction of sp³-hybridized carbons (Fsp3) is 0.250. The second-order valence-electron chi connectivity index (χ2n) is 6.28. The van der Waals surface area contributed by atoms with Crippen LogP contribution < -0.4 is 10.6 Å². The van der Waals surface area contributed by atoms with Crippen LogP contribution in [0.1, 0.15) is 34.6 Å². The minimum atomic E-state index is -0.812. The lowest BCUT2D eigenvalue weighted by Gasteiger charge is -2.12. The molecule has 2 aromatic rings. The predicted octanol–water partition coefficient (Wildman–Crippen LogP) is 3.01. The number of hydrogen-bond acceptors (Lipinski definition) is 4. The highest BCUT2D eigenvalue weighted by molar-refractivity contribution is 6.04. The molecule has 0 aliphatic heterocycles. The molecule has 0 saturated heterocycles. The zero-order valence-electron chi connectivity index (χ0n) is 15.1. The smallest absolute Gasteiger partial charge is 0.338 e. The highest BCUT2D eigenvalue weighted by Crippen LogP contribution is 2.15. The van der Waals surface area contributed by atoms with Crippen molar-refractivity contribution in [2.75, 3.05) is 18.5 Å². The first-order valence-electron chi connectivity index (χ1n) is 8.46. The van der Waals surface area contributed by atoms with Crippen LogP contribution in [0.4, 0.5) is 10.1 Å². The first kappa shape index (κ1) is 20.1. The normalized spacial score (nSPS) is 10.4. The highest BCUT2D eigenvalue weighted by atomic mass is 19.1. The molecular formula is C20H21FN2O4. The lowest BCUT2D eigenvalue weighted by molar-refractivity contribution is -0.119. The molecule has 0 saturated carbocycles. The average molecular weight is 372 g/mol. The van der Waals surface area contributed by atoms with Crippen molar-refractivity contribution in [1.82, 2.24) is 5.32 Å². The van der Waals surface area contributed by atoms with Crippen molar-refractivity contribution in [3.8, 4) is 0 Å². The van der Waals surface area contributed by atoms with E-state index in [2.05, 4.69) is 10.6 Å². The lowest BCUT2D eigenvalue weighted by atomic mass is 10.1. The lowest BCUT2D eigenvalue weighted by Crippen LogP contribution is -2.29. The van der Waals surface area contributed by atoms with Gasteiger partial charge < -0.3 is 15.4 Å². The van der Waals surface area contributed by atoms with Crippen LogP contribution in [-0.4, -0.2) is 30.9 Å². The molecule has 0 spiro atoms. The second-order valence-corrected chi connectivity index (χ2v) is 6.28. The van der Waals surface area contributed by atoms with Crippen LogP contribution in [0.15, 0.2) is 48.5 Å². The predicted molar refractivity (Wildman–Crippen MR) is 98.9 cm³/mol. The summed E-state index contributed by atoms with van der Waals surface area (Å²) in [6.07, 6.45) is 0. The van der Waals surface area contributed by atoms with E-state index < -0.39 is 24.3 Å². The van der Waals surface area contributed by atoms with Crippen molar-refractivity contribution in [1.29, 1.82) is 0 Å². The monoisotopic (exact) mass is 372 g/mol. The summed E-state index contributed by atoms with van der Waals surface area (Å²) < 4.78 is 18.0. The number of ether oxygens (including phenoxy) is 1. The van der Waals surface area contributed by atoms with E-state index in [1.54, 1.807) is 24.3 Å². The summed E-state index contributed by atoms with van der Waals surface area (Å²) in [7, 11) is 0. The molecule has 2 rings (SSSR count). The standard InChI is InChI=1S/C20H21FN2O4/c1-13(2)11-22-19(25)16-8-3-4-9-17(16)23-18(24)12-27-20(26)14-6-5-7-15(21)10-14/h3-10,13H,11-12H2,1-2H3,(H,22,25)(H,23,24). The third-order valence-electron chi connectivity index (χ3n) is 3.51. The van der Waals surface area contributed by atoms with Crippen LogP contribution >= 0.6 is 0 Å². The van der Waals surface area contributed by atoms with Crippen molar-refractivity contribution in [2.45, 2.75) is 13.8 Å². The topological polar surface area (TPSA) is 84.5 Å². The number of benzene rings is 2. The molecule has 0 bridgehead atoms. The summed E-state index contributed by atoms with van der Waals surface area (Å²) in [5, 5.41) is 5.32. The number of rotatable bonds is 7. The minimum absolute atomic E-state index is 0.0104. The van der Waals surface area contributed by atoms with E-state index in [0.29, 0.717) is 17.8 Å². The van der Waals surface area contributed by atoms with Gasteiger partial charge in [-0.1, -0.05) is 32.0 Å². The van der Waals surface area contributed by atoms with Gasteiger partial charge in [-0.3, -0.25) is 9.59 Å². The largest absolute Gasteiger partial charge is 0.452 e. The van der Waals surface area contributed by atoms with Gasteiger partial charge in [0.25, 0.3) is 11.8 Å². The molecule has 0 fully saturated rings. The van der Waals surface area contributed by atoms with E-state index in [9.17, 15) is 18.8 Å². The molecule has 0 aromatic heterocycles. The number of esters is 1. The van der Waals surface area contributed by atoms with Gasteiger partial charge in [-0.2, -0.15) is 0 Å². The molecule has 2 amide bonds. The minimum Gasteiger partial charge on any atom is -0.452 e. The van der Waals surface area contributed by atoms with Crippen LogP contribution in [0.2, 0.25) is 0 Å². The molecule has 6 nitrogen and oxygen atoms in total. The number of nitrogens with one attached hydrogen (secondary N) is 2. The van der Waals surface area contributed by atoms with Crippen LogP contribution in [0.5, 0.6) is 0 Å². The third kappa shape index (κ3) is 6.22. The Balaban J connectivity index is 1.95. The number of hydrogen-bond donors (Lipinski definition) is 2. The molecular weight excluding hydrogens is 351 g/mol. The van der Waals surface area contributed by atoms with Gasteiger partial charge in [0.2, 0.25) is 0 Å². The maximum Gasteiger partial charge on any atom is 0.338 e. The molecule has 0 aliphatic rings. The number of carbonyl (C=O) groups is 3. The molecule has 7 heteroatoms. The second kappa shape index (κ2) is 9.47. The molecule has 27 heavy (non-hydrogen) atoms. The fourth-order valence-corrected chi connectivity index (χ4v) is 2.20. The zero-order chi connectivity index (χ0) is 19.8. The number of halogens is 1. The Morgan fingerprint density at radius 1 is 1.07 bits per heavy atom. The summed E-state index contributed by atoms with van der Waals surface area (Å²) in [5.41, 5.74) is 0.629. The summed E-state index contributed by atoms with van der Waals surface area (Å²) in [6.45, 7) is 3.89. The summed E-state index contributed by atoms with van der Waals surface area (Å²) in [5.74, 6) is -2.01. The molecule has 0 radical (unpaired) electrons. The van der Waals surface area contributed by atoms with Gasteiger partial charge in [-0.25, -0.2) is 9.18 Å². The van der Waals surface area contributed by atoms with Crippen molar-refractivity contribution < 1.29 is 23.5 Å². The highest BCUT2D eigenvalue weighted by Gasteiger charge is 2.15. The van der Waals surface area contributed by atoms with Gasteiger partial charge in [0.15, 0.2) is 6.61 Å². The van der Waals surface area contributed by atoms with Crippen LogP contribution in [0.3, 0.4) is 0 Å². The molecule has 0 heterocycles. The molecule has 2 aromatic carbocycles. The van der Waals surface area contributed by atoms with E-state index >= 15 is 0 Å². The van der Waals surface area contributed by atoms with E-state index in [4.69, 9.17) is 4.74 Å². The Labute approximate surface area is 156 Å². The first-order chi connectivity index (χ1) is 12.9. The molecule has 2 N–H and O–H groups in total. The van der Waals surface area contributed by atoms with Gasteiger partial charge in [0, 0.05) is 6.54 Å². The van der Waals surface area contributed by atoms with Gasteiger partial charge in [0.05, 0.1) is 16.8 Å². The van der Waals surface area contributed by atoms with Gasteiger partial charge in [-0.15, -0.1) is 0 Å². The maximum atomic E-state index is 13.1. The number of amides is 2. The van der Waals surface area contributed by atoms with Crippen molar-refractivity contribution in [2.24, 2.45) is 5.92 Å². The molecule has 0 aliphatic carbocycles. The van der Waals surface area contributed by atoms with Crippen LogP contribution in [0, 0.1) is 11.7 Å². The quantitative estimate of drug-likeness (QED) is 0.732. The summed E-state index contributed by atoms with van der Waals surface area (Å²) in [6, 6.07) is 11.5. The van der Waals surface area contributed by atoms with E-state index in [1.165, 1.54) is 18.2 Å². The Kier molecular flexibility index (Phi) is 7.05. The van der Waals surface area contributed by atoms with Crippen LogP contribution in [-0.2, 0) is 9.53 Å². The Morgan fingerprint density at radius 3 is 2.52 bits per heavy atom. The third-order valence-corrected chi connectivity index (χ3v) is 3.51. The van der Waals surface area contributed by atoms with Gasteiger partial charge in [0.1, 0.15) is 5.82 Å². The first-order valence-corrected chi connectivity index (χ1v) is 8.46. The van der Waals surface area contributed by atoms with E-state index in [-0.39, 0.29) is 17.4 Å². The van der Waals surface area contributed by atoms with Gasteiger partial charge >= 0.3 is 5.97 Å². The van der Waals surface area contributed by atoms with Gasteiger partial charge in [-0.05, 0) is 36.2 Å². The maximum absolute atomic E-state index is 13.1. The number of anilines is 1. The summed E-state index contributed by atoms with van der Waals surface area (Å²) >= 11 is 0. The average Bonchev–Trinajstić information content (AvgIpc) is 2.64. The Bertz CT molecular complexity index is 836. The Hall–Kier alpha value is -3.22. The number of carbonyl (C=O) groups excluding carboxylic acids is 3. The SMILES string of the molecule is CC(C)CNC(=O)c1ccccc1NC(=O)COC(=O)c1cccc(F)c1. The van der Waals surface area contributed by atoms with E-state index in [1.807, 2.05) is 13.8 Å². The molecule has 142 valence electrons. The van der Waals surface area contributed by atoms with E-state index in [0.717, 1.165) is 6.07 Å². The number of para-hydroxylation sites is 1. The van der Waals surface area contributed by atoms with Crippen molar-refractivity contribution in [3.63, 3.8) is 0 Å². The molecule has 0 atom stereocenters. The summed E-state index contributed by atoms with van der Waals surface area (Å²) in [4.78, 5) is 36.2. The fourth-order valence-electron chi connectivity index (χ4n) is 2.20. The zero-order valence-corrected chi connectivity index (χ0v) is 15.1.